The van der Waals surface area contributed by atoms with E-state index in [0.29, 0.717) is 0 Å². The van der Waals surface area contributed by atoms with Crippen LogP contribution in [0.25, 0.3) is 66.3 Å². The Morgan fingerprint density at radius 2 is 0.737 bits per heavy atom. The molecular formula is C36H24N2. The van der Waals surface area contributed by atoms with Gasteiger partial charge in [-0.15, -0.1) is 0 Å². The van der Waals surface area contributed by atoms with E-state index in [0.717, 1.165) is 44.1 Å². The van der Waals surface area contributed by atoms with Crippen molar-refractivity contribution in [2.75, 3.05) is 0 Å². The maximum absolute atomic E-state index is 4.81. The molecule has 0 radical (unpaired) electrons. The topological polar surface area (TPSA) is 25.8 Å². The highest BCUT2D eigenvalue weighted by Crippen LogP contribution is 2.30. The Labute approximate surface area is 221 Å². The van der Waals surface area contributed by atoms with Crippen LogP contribution in [-0.2, 0) is 0 Å². The predicted octanol–water partition coefficient (Wildman–Crippen LogP) is 9.45. The Morgan fingerprint density at radius 3 is 1.39 bits per heavy atom. The monoisotopic (exact) mass is 484 g/mol. The molecule has 2 nitrogen and oxygen atoms in total. The van der Waals surface area contributed by atoms with Crippen molar-refractivity contribution in [1.82, 2.24) is 9.97 Å². The van der Waals surface area contributed by atoms with Crippen LogP contribution in [0.15, 0.2) is 146 Å². The zero-order valence-corrected chi connectivity index (χ0v) is 20.8. The molecule has 0 aliphatic heterocycles. The van der Waals surface area contributed by atoms with Gasteiger partial charge in [0.1, 0.15) is 0 Å². The fourth-order valence-corrected chi connectivity index (χ4v) is 5.03. The molecule has 0 bridgehead atoms. The summed E-state index contributed by atoms with van der Waals surface area (Å²) in [6.45, 7) is 0. The van der Waals surface area contributed by atoms with Gasteiger partial charge in [-0.25, -0.2) is 0 Å². The van der Waals surface area contributed by atoms with Crippen LogP contribution < -0.4 is 0 Å². The van der Waals surface area contributed by atoms with Crippen LogP contribution in [0.4, 0.5) is 0 Å². The third-order valence-electron chi connectivity index (χ3n) is 7.15. The number of nitrogens with zero attached hydrogens (tertiary/aromatic N) is 2. The highest BCUT2D eigenvalue weighted by atomic mass is 14.7. The number of benzene rings is 5. The van der Waals surface area contributed by atoms with Gasteiger partial charge in [0, 0.05) is 34.3 Å². The van der Waals surface area contributed by atoms with Crippen LogP contribution in [0.3, 0.4) is 0 Å². The van der Waals surface area contributed by atoms with Gasteiger partial charge in [-0.3, -0.25) is 9.97 Å². The zero-order valence-electron chi connectivity index (χ0n) is 20.8. The first kappa shape index (κ1) is 22.1. The van der Waals surface area contributed by atoms with Crippen LogP contribution in [0.2, 0.25) is 0 Å². The number of hydrogen-bond donors (Lipinski definition) is 0. The molecule has 0 aliphatic rings. The second-order valence-corrected chi connectivity index (χ2v) is 9.57. The zero-order chi connectivity index (χ0) is 25.3. The summed E-state index contributed by atoms with van der Waals surface area (Å²) >= 11 is 0. The van der Waals surface area contributed by atoms with Crippen LogP contribution in [-0.4, -0.2) is 9.97 Å². The molecule has 7 rings (SSSR count). The number of para-hydroxylation sites is 1. The van der Waals surface area contributed by atoms with Crippen LogP contribution in [0, 0.1) is 0 Å². The van der Waals surface area contributed by atoms with Crippen molar-refractivity contribution in [1.29, 1.82) is 0 Å². The standard InChI is InChI=1S/C36H24N2/c1-2-6-25(7-3-1)26-10-12-27(13-11-26)30-18-19-32-21-34(24-38-36(32)22-30)29-16-14-28(15-17-29)33-20-31-8-4-5-9-35(31)37-23-33/h1-24H. The fourth-order valence-electron chi connectivity index (χ4n) is 5.03. The molecule has 7 aromatic rings. The Kier molecular flexibility index (Phi) is 5.49. The summed E-state index contributed by atoms with van der Waals surface area (Å²) in [5, 5.41) is 2.29. The second-order valence-electron chi connectivity index (χ2n) is 9.57. The minimum Gasteiger partial charge on any atom is -0.256 e. The van der Waals surface area contributed by atoms with Crippen molar-refractivity contribution in [3.8, 4) is 44.5 Å². The highest BCUT2D eigenvalue weighted by Gasteiger charge is 2.06. The second kappa shape index (κ2) is 9.42. The van der Waals surface area contributed by atoms with Gasteiger partial charge in [0.15, 0.2) is 0 Å². The summed E-state index contributed by atoms with van der Waals surface area (Å²) in [5.74, 6) is 0. The SMILES string of the molecule is c1ccc(-c2ccc(-c3ccc4cc(-c5ccc(-c6cnc7ccccc7c6)cc5)cnc4c3)cc2)cc1. The molecule has 0 spiro atoms. The number of fused-ring (bicyclic) bond motifs is 2. The summed E-state index contributed by atoms with van der Waals surface area (Å²) in [4.78, 5) is 9.42. The van der Waals surface area contributed by atoms with Gasteiger partial charge >= 0.3 is 0 Å². The summed E-state index contributed by atoms with van der Waals surface area (Å²) in [7, 11) is 0. The van der Waals surface area contributed by atoms with Gasteiger partial charge < -0.3 is 0 Å². The quantitative estimate of drug-likeness (QED) is 0.249. The number of pyridine rings is 2. The maximum atomic E-state index is 4.81. The molecule has 0 fully saturated rings. The van der Waals surface area contributed by atoms with E-state index in [9.17, 15) is 0 Å². The van der Waals surface area contributed by atoms with E-state index in [1.165, 1.54) is 22.3 Å². The molecule has 0 amide bonds. The van der Waals surface area contributed by atoms with Gasteiger partial charge in [0.2, 0.25) is 0 Å². The minimum absolute atomic E-state index is 0.997. The summed E-state index contributed by atoms with van der Waals surface area (Å²) in [6, 6.07) is 47.0. The van der Waals surface area contributed by atoms with Crippen LogP contribution in [0.5, 0.6) is 0 Å². The van der Waals surface area contributed by atoms with Gasteiger partial charge in [0.05, 0.1) is 11.0 Å². The largest absolute Gasteiger partial charge is 0.256 e. The van der Waals surface area contributed by atoms with Gasteiger partial charge in [-0.2, -0.15) is 0 Å². The Bertz CT molecular complexity index is 1890. The summed E-state index contributed by atoms with van der Waals surface area (Å²) in [6.07, 6.45) is 3.92. The van der Waals surface area contributed by atoms with E-state index in [1.54, 1.807) is 0 Å². The molecule has 0 aliphatic carbocycles. The molecule has 0 saturated heterocycles. The van der Waals surface area contributed by atoms with Crippen molar-refractivity contribution in [3.63, 3.8) is 0 Å². The van der Waals surface area contributed by atoms with Gasteiger partial charge in [-0.05, 0) is 57.6 Å². The van der Waals surface area contributed by atoms with Crippen molar-refractivity contribution in [3.05, 3.63) is 146 Å². The molecule has 0 unspecified atom stereocenters. The minimum atomic E-state index is 0.997. The lowest BCUT2D eigenvalue weighted by Crippen LogP contribution is -1.86. The Morgan fingerprint density at radius 1 is 0.289 bits per heavy atom. The maximum Gasteiger partial charge on any atom is 0.0708 e. The summed E-state index contributed by atoms with van der Waals surface area (Å²) < 4.78 is 0. The van der Waals surface area contributed by atoms with E-state index >= 15 is 0 Å². The molecule has 0 N–H and O–H groups in total. The molecular weight excluding hydrogens is 460 g/mol. The predicted molar refractivity (Wildman–Crippen MR) is 159 cm³/mol. The van der Waals surface area contributed by atoms with Gasteiger partial charge in [0.25, 0.3) is 0 Å². The van der Waals surface area contributed by atoms with E-state index in [2.05, 4.69) is 114 Å². The normalized spacial score (nSPS) is 11.2. The smallest absolute Gasteiger partial charge is 0.0708 e. The number of aromatic nitrogens is 2. The van der Waals surface area contributed by atoms with E-state index < -0.39 is 0 Å². The fraction of sp³-hybridized carbons (Fsp3) is 0. The lowest BCUT2D eigenvalue weighted by molar-refractivity contribution is 1.40. The molecule has 2 heterocycles. The molecule has 38 heavy (non-hydrogen) atoms. The molecule has 2 aromatic heterocycles. The molecule has 5 aromatic carbocycles. The Balaban J connectivity index is 1.14. The van der Waals surface area contributed by atoms with Crippen molar-refractivity contribution >= 4 is 21.8 Å². The van der Waals surface area contributed by atoms with E-state index in [1.807, 2.05) is 36.7 Å². The average molecular weight is 485 g/mol. The van der Waals surface area contributed by atoms with Crippen molar-refractivity contribution < 1.29 is 0 Å². The van der Waals surface area contributed by atoms with Crippen LogP contribution >= 0.6 is 0 Å². The molecule has 0 atom stereocenters. The number of hydrogen-bond acceptors (Lipinski definition) is 2. The van der Waals surface area contributed by atoms with Crippen LogP contribution in [0.1, 0.15) is 0 Å². The molecule has 0 saturated carbocycles. The molecule has 178 valence electrons. The van der Waals surface area contributed by atoms with E-state index in [-0.39, 0.29) is 0 Å². The lowest BCUT2D eigenvalue weighted by atomic mass is 9.98. The Hall–Kier alpha value is -5.08. The number of rotatable bonds is 4. The van der Waals surface area contributed by atoms with E-state index in [4.69, 9.17) is 4.98 Å². The van der Waals surface area contributed by atoms with Crippen molar-refractivity contribution in [2.45, 2.75) is 0 Å². The first-order valence-corrected chi connectivity index (χ1v) is 12.8. The molecule has 2 heteroatoms. The third kappa shape index (κ3) is 4.23. The first-order valence-electron chi connectivity index (χ1n) is 12.8. The van der Waals surface area contributed by atoms with Gasteiger partial charge in [-0.1, -0.05) is 109 Å². The first-order chi connectivity index (χ1) is 18.8. The highest BCUT2D eigenvalue weighted by molar-refractivity contribution is 5.88. The lowest BCUT2D eigenvalue weighted by Gasteiger charge is -2.09. The summed E-state index contributed by atoms with van der Waals surface area (Å²) in [5.41, 5.74) is 11.4. The average Bonchev–Trinajstić information content (AvgIpc) is 3.01. The van der Waals surface area contributed by atoms with Crippen molar-refractivity contribution in [2.24, 2.45) is 0 Å². The third-order valence-corrected chi connectivity index (χ3v) is 7.15.